The van der Waals surface area contributed by atoms with Gasteiger partial charge in [-0.3, -0.25) is 4.79 Å². The normalized spacial score (nSPS) is 11.4. The van der Waals surface area contributed by atoms with E-state index < -0.39 is 0 Å². The van der Waals surface area contributed by atoms with Gasteiger partial charge in [0.15, 0.2) is 0 Å². The van der Waals surface area contributed by atoms with E-state index >= 15 is 0 Å². The molecule has 1 aromatic rings. The molecule has 0 bridgehead atoms. The zero-order valence-electron chi connectivity index (χ0n) is 11.8. The van der Waals surface area contributed by atoms with E-state index in [0.717, 1.165) is 0 Å². The second-order valence-corrected chi connectivity index (χ2v) is 6.33. The molecule has 1 N–H and O–H groups in total. The van der Waals surface area contributed by atoms with Crippen LogP contribution in [-0.4, -0.2) is 12.5 Å². The number of hydrogen-bond donors (Lipinski definition) is 1. The molecule has 0 unspecified atom stereocenters. The SMILES string of the molecule is CC(C)C(CNC(=O)c1cc(Cl)ccc1Cl)C(C)C. The van der Waals surface area contributed by atoms with Crippen LogP contribution in [0.3, 0.4) is 0 Å². The highest BCUT2D eigenvalue weighted by Crippen LogP contribution is 2.22. The molecule has 0 atom stereocenters. The maximum Gasteiger partial charge on any atom is 0.252 e. The van der Waals surface area contributed by atoms with Crippen molar-refractivity contribution in [3.8, 4) is 0 Å². The van der Waals surface area contributed by atoms with Crippen molar-refractivity contribution < 1.29 is 4.79 Å². The lowest BCUT2D eigenvalue weighted by Crippen LogP contribution is -2.34. The number of nitrogens with one attached hydrogen (secondary N) is 1. The third-order valence-electron chi connectivity index (χ3n) is 3.38. The minimum Gasteiger partial charge on any atom is -0.352 e. The summed E-state index contributed by atoms with van der Waals surface area (Å²) in [5.41, 5.74) is 0.431. The van der Waals surface area contributed by atoms with E-state index in [1.54, 1.807) is 18.2 Å². The van der Waals surface area contributed by atoms with Crippen LogP contribution in [0, 0.1) is 17.8 Å². The van der Waals surface area contributed by atoms with Crippen molar-refractivity contribution in [2.75, 3.05) is 6.54 Å². The first-order valence-corrected chi connectivity index (χ1v) is 7.31. The van der Waals surface area contributed by atoms with Gasteiger partial charge < -0.3 is 5.32 Å². The summed E-state index contributed by atoms with van der Waals surface area (Å²) in [6, 6.07) is 4.91. The van der Waals surface area contributed by atoms with E-state index in [4.69, 9.17) is 23.2 Å². The van der Waals surface area contributed by atoms with Gasteiger partial charge in [0.1, 0.15) is 0 Å². The molecule has 0 aliphatic carbocycles. The first kappa shape index (κ1) is 16.3. The number of rotatable bonds is 5. The van der Waals surface area contributed by atoms with Gasteiger partial charge in [-0.25, -0.2) is 0 Å². The van der Waals surface area contributed by atoms with Gasteiger partial charge in [0.25, 0.3) is 5.91 Å². The summed E-state index contributed by atoms with van der Waals surface area (Å²) in [5, 5.41) is 3.88. The molecule has 0 spiro atoms. The van der Waals surface area contributed by atoms with Crippen molar-refractivity contribution in [2.24, 2.45) is 17.8 Å². The minimum atomic E-state index is -0.168. The Kier molecular flexibility index (Phi) is 6.15. The fraction of sp³-hybridized carbons (Fsp3) is 0.533. The maximum absolute atomic E-state index is 12.1. The summed E-state index contributed by atoms with van der Waals surface area (Å²) in [4.78, 5) is 12.1. The van der Waals surface area contributed by atoms with Crippen molar-refractivity contribution in [1.29, 1.82) is 0 Å². The molecular formula is C15H21Cl2NO. The van der Waals surface area contributed by atoms with Gasteiger partial charge in [-0.05, 0) is 36.0 Å². The Morgan fingerprint density at radius 3 is 2.26 bits per heavy atom. The van der Waals surface area contributed by atoms with Gasteiger partial charge in [-0.2, -0.15) is 0 Å². The topological polar surface area (TPSA) is 29.1 Å². The molecule has 1 rings (SSSR count). The zero-order chi connectivity index (χ0) is 14.6. The molecule has 0 aliphatic heterocycles. The molecule has 0 aliphatic rings. The Morgan fingerprint density at radius 2 is 1.74 bits per heavy atom. The summed E-state index contributed by atoms with van der Waals surface area (Å²) >= 11 is 11.9. The molecule has 0 saturated carbocycles. The number of halogens is 2. The number of benzene rings is 1. The highest BCUT2D eigenvalue weighted by atomic mass is 35.5. The van der Waals surface area contributed by atoms with Gasteiger partial charge in [0, 0.05) is 11.6 Å². The van der Waals surface area contributed by atoms with Gasteiger partial charge in [0.2, 0.25) is 0 Å². The summed E-state index contributed by atoms with van der Waals surface area (Å²) in [5.74, 6) is 1.32. The van der Waals surface area contributed by atoms with Crippen LogP contribution in [0.5, 0.6) is 0 Å². The average molecular weight is 302 g/mol. The van der Waals surface area contributed by atoms with Gasteiger partial charge in [-0.1, -0.05) is 50.9 Å². The van der Waals surface area contributed by atoms with Crippen LogP contribution in [0.15, 0.2) is 18.2 Å². The molecule has 2 nitrogen and oxygen atoms in total. The van der Waals surface area contributed by atoms with Crippen LogP contribution in [-0.2, 0) is 0 Å². The molecule has 0 saturated heterocycles. The lowest BCUT2D eigenvalue weighted by molar-refractivity contribution is 0.0937. The molecule has 4 heteroatoms. The monoisotopic (exact) mass is 301 g/mol. The summed E-state index contributed by atoms with van der Waals surface area (Å²) in [7, 11) is 0. The average Bonchev–Trinajstić information content (AvgIpc) is 2.31. The molecule has 1 aromatic carbocycles. The lowest BCUT2D eigenvalue weighted by atomic mass is 9.85. The van der Waals surface area contributed by atoms with Gasteiger partial charge in [-0.15, -0.1) is 0 Å². The fourth-order valence-corrected chi connectivity index (χ4v) is 2.59. The van der Waals surface area contributed by atoms with Crippen LogP contribution < -0.4 is 5.32 Å². The number of amides is 1. The van der Waals surface area contributed by atoms with Crippen LogP contribution in [0.1, 0.15) is 38.1 Å². The predicted molar refractivity (Wildman–Crippen MR) is 82.0 cm³/mol. The Hall–Kier alpha value is -0.730. The van der Waals surface area contributed by atoms with Crippen molar-refractivity contribution in [2.45, 2.75) is 27.7 Å². The zero-order valence-corrected chi connectivity index (χ0v) is 13.3. The van der Waals surface area contributed by atoms with Gasteiger partial charge in [0.05, 0.1) is 10.6 Å². The Morgan fingerprint density at radius 1 is 1.16 bits per heavy atom. The Balaban J connectivity index is 2.72. The number of carbonyl (C=O) groups excluding carboxylic acids is 1. The molecule has 19 heavy (non-hydrogen) atoms. The highest BCUT2D eigenvalue weighted by molar-refractivity contribution is 6.35. The largest absolute Gasteiger partial charge is 0.352 e. The number of carbonyl (C=O) groups is 1. The van der Waals surface area contributed by atoms with E-state index in [-0.39, 0.29) is 5.91 Å². The van der Waals surface area contributed by atoms with Crippen LogP contribution in [0.25, 0.3) is 0 Å². The summed E-state index contributed by atoms with van der Waals surface area (Å²) < 4.78 is 0. The first-order valence-electron chi connectivity index (χ1n) is 6.56. The van der Waals surface area contributed by atoms with Crippen molar-refractivity contribution in [3.05, 3.63) is 33.8 Å². The van der Waals surface area contributed by atoms with Crippen LogP contribution in [0.2, 0.25) is 10.0 Å². The van der Waals surface area contributed by atoms with Crippen LogP contribution >= 0.6 is 23.2 Å². The third-order valence-corrected chi connectivity index (χ3v) is 3.95. The summed E-state index contributed by atoms with van der Waals surface area (Å²) in [6.45, 7) is 9.33. The molecule has 0 fully saturated rings. The van der Waals surface area contributed by atoms with Crippen molar-refractivity contribution in [1.82, 2.24) is 5.32 Å². The van der Waals surface area contributed by atoms with Crippen LogP contribution in [0.4, 0.5) is 0 Å². The first-order chi connectivity index (χ1) is 8.82. The van der Waals surface area contributed by atoms with E-state index in [2.05, 4.69) is 33.0 Å². The standard InChI is InChI=1S/C15H21Cl2NO/c1-9(2)13(10(3)4)8-18-15(19)12-7-11(16)5-6-14(12)17/h5-7,9-10,13H,8H2,1-4H3,(H,18,19). The third kappa shape index (κ3) is 4.70. The van der Waals surface area contributed by atoms with E-state index in [9.17, 15) is 4.79 Å². The second kappa shape index (κ2) is 7.16. The fourth-order valence-electron chi connectivity index (χ4n) is 2.22. The second-order valence-electron chi connectivity index (χ2n) is 5.49. The quantitative estimate of drug-likeness (QED) is 0.842. The highest BCUT2D eigenvalue weighted by Gasteiger charge is 2.19. The Bertz CT molecular complexity index is 436. The van der Waals surface area contributed by atoms with E-state index in [1.165, 1.54) is 0 Å². The molecule has 1 amide bonds. The number of hydrogen-bond acceptors (Lipinski definition) is 1. The predicted octanol–water partition coefficient (Wildman–Crippen LogP) is 4.65. The smallest absolute Gasteiger partial charge is 0.252 e. The maximum atomic E-state index is 12.1. The van der Waals surface area contributed by atoms with E-state index in [1.807, 2.05) is 0 Å². The molecule has 0 heterocycles. The molecule has 0 aromatic heterocycles. The lowest BCUT2D eigenvalue weighted by Gasteiger charge is -2.25. The van der Waals surface area contributed by atoms with Crippen molar-refractivity contribution >= 4 is 29.1 Å². The molecule has 0 radical (unpaired) electrons. The van der Waals surface area contributed by atoms with E-state index in [0.29, 0.717) is 39.9 Å². The van der Waals surface area contributed by atoms with Gasteiger partial charge >= 0.3 is 0 Å². The molecular weight excluding hydrogens is 281 g/mol. The minimum absolute atomic E-state index is 0.168. The molecule has 106 valence electrons. The summed E-state index contributed by atoms with van der Waals surface area (Å²) in [6.07, 6.45) is 0. The van der Waals surface area contributed by atoms with Crippen molar-refractivity contribution in [3.63, 3.8) is 0 Å². The Labute approximate surface area is 125 Å².